The predicted octanol–water partition coefficient (Wildman–Crippen LogP) is 2.57. The monoisotopic (exact) mass is 296 g/mol. The van der Waals surface area contributed by atoms with E-state index in [0.29, 0.717) is 24.3 Å². The standard InChI is InChI=1S/C17H32N2O2/c1-3-9-18-16-8-10-19(13-14(16)4-2)17(20)12-15-7-5-6-11-21-15/h14-16,18H,3-13H2,1-2H3. The number of rotatable bonds is 6. The maximum atomic E-state index is 12.5. The quantitative estimate of drug-likeness (QED) is 0.819. The van der Waals surface area contributed by atoms with Gasteiger partial charge in [0.2, 0.25) is 5.91 Å². The van der Waals surface area contributed by atoms with Crippen molar-refractivity contribution in [2.45, 2.75) is 70.9 Å². The molecule has 2 rings (SSSR count). The van der Waals surface area contributed by atoms with Crippen molar-refractivity contribution in [1.82, 2.24) is 10.2 Å². The van der Waals surface area contributed by atoms with Crippen molar-refractivity contribution in [1.29, 1.82) is 0 Å². The Morgan fingerprint density at radius 2 is 2.14 bits per heavy atom. The van der Waals surface area contributed by atoms with Gasteiger partial charge < -0.3 is 15.0 Å². The van der Waals surface area contributed by atoms with Gasteiger partial charge >= 0.3 is 0 Å². The van der Waals surface area contributed by atoms with Crippen molar-refractivity contribution in [3.05, 3.63) is 0 Å². The van der Waals surface area contributed by atoms with E-state index in [0.717, 1.165) is 51.9 Å². The predicted molar refractivity (Wildman–Crippen MR) is 85.3 cm³/mol. The Balaban J connectivity index is 1.79. The van der Waals surface area contributed by atoms with Gasteiger partial charge in [0.05, 0.1) is 12.5 Å². The second-order valence-corrected chi connectivity index (χ2v) is 6.55. The zero-order chi connectivity index (χ0) is 15.1. The number of hydrogen-bond donors (Lipinski definition) is 1. The number of carbonyl (C=O) groups excluding carboxylic acids is 1. The fourth-order valence-electron chi connectivity index (χ4n) is 3.56. The number of amides is 1. The molecule has 21 heavy (non-hydrogen) atoms. The van der Waals surface area contributed by atoms with Crippen LogP contribution >= 0.6 is 0 Å². The summed E-state index contributed by atoms with van der Waals surface area (Å²) in [7, 11) is 0. The number of piperidine rings is 1. The molecule has 0 aliphatic carbocycles. The Morgan fingerprint density at radius 3 is 2.81 bits per heavy atom. The molecule has 1 N–H and O–H groups in total. The number of nitrogens with one attached hydrogen (secondary N) is 1. The summed E-state index contributed by atoms with van der Waals surface area (Å²) in [4.78, 5) is 14.6. The van der Waals surface area contributed by atoms with E-state index in [2.05, 4.69) is 24.1 Å². The molecular formula is C17H32N2O2. The molecule has 2 aliphatic rings. The van der Waals surface area contributed by atoms with E-state index >= 15 is 0 Å². The van der Waals surface area contributed by atoms with Crippen LogP contribution < -0.4 is 5.32 Å². The average molecular weight is 296 g/mol. The number of carbonyl (C=O) groups is 1. The highest BCUT2D eigenvalue weighted by atomic mass is 16.5. The molecule has 0 aromatic heterocycles. The van der Waals surface area contributed by atoms with Crippen LogP contribution in [0, 0.1) is 5.92 Å². The summed E-state index contributed by atoms with van der Waals surface area (Å²) in [5.74, 6) is 0.899. The van der Waals surface area contributed by atoms with E-state index in [1.54, 1.807) is 0 Å². The molecule has 0 aromatic rings. The molecule has 0 aromatic carbocycles. The summed E-state index contributed by atoms with van der Waals surface area (Å²) < 4.78 is 5.71. The largest absolute Gasteiger partial charge is 0.378 e. The maximum Gasteiger partial charge on any atom is 0.225 e. The maximum absolute atomic E-state index is 12.5. The lowest BCUT2D eigenvalue weighted by atomic mass is 9.89. The van der Waals surface area contributed by atoms with Gasteiger partial charge in [0, 0.05) is 25.7 Å². The molecule has 2 aliphatic heterocycles. The Morgan fingerprint density at radius 1 is 1.29 bits per heavy atom. The summed E-state index contributed by atoms with van der Waals surface area (Å²) in [6.45, 7) is 8.19. The molecule has 4 heteroatoms. The topological polar surface area (TPSA) is 41.6 Å². The fraction of sp³-hybridized carbons (Fsp3) is 0.941. The van der Waals surface area contributed by atoms with Crippen LogP contribution in [0.2, 0.25) is 0 Å². The SMILES string of the molecule is CCCNC1CCN(C(=O)CC2CCCCO2)CC1CC. The van der Waals surface area contributed by atoms with Gasteiger partial charge in [-0.05, 0) is 44.6 Å². The smallest absolute Gasteiger partial charge is 0.225 e. The van der Waals surface area contributed by atoms with Crippen LogP contribution in [0.4, 0.5) is 0 Å². The normalized spacial score (nSPS) is 30.4. The van der Waals surface area contributed by atoms with Crippen LogP contribution in [0.5, 0.6) is 0 Å². The molecule has 0 saturated carbocycles. The van der Waals surface area contributed by atoms with Crippen LogP contribution in [0.3, 0.4) is 0 Å². The van der Waals surface area contributed by atoms with Crippen LogP contribution in [0.1, 0.15) is 58.8 Å². The minimum Gasteiger partial charge on any atom is -0.378 e. The second kappa shape index (κ2) is 8.74. The van der Waals surface area contributed by atoms with Crippen molar-refractivity contribution < 1.29 is 9.53 Å². The molecule has 2 fully saturated rings. The Hall–Kier alpha value is -0.610. The highest BCUT2D eigenvalue weighted by Crippen LogP contribution is 2.23. The van der Waals surface area contributed by atoms with Crippen molar-refractivity contribution in [2.24, 2.45) is 5.92 Å². The van der Waals surface area contributed by atoms with Gasteiger partial charge in [-0.2, -0.15) is 0 Å². The minimum absolute atomic E-state index is 0.169. The summed E-state index contributed by atoms with van der Waals surface area (Å²) >= 11 is 0. The molecular weight excluding hydrogens is 264 g/mol. The highest BCUT2D eigenvalue weighted by Gasteiger charge is 2.31. The van der Waals surface area contributed by atoms with Gasteiger partial charge in [-0.15, -0.1) is 0 Å². The van der Waals surface area contributed by atoms with Gasteiger partial charge in [0.1, 0.15) is 0 Å². The van der Waals surface area contributed by atoms with E-state index in [4.69, 9.17) is 4.74 Å². The Bertz CT molecular complexity index is 316. The number of nitrogens with zero attached hydrogens (tertiary/aromatic N) is 1. The van der Waals surface area contributed by atoms with Gasteiger partial charge in [0.15, 0.2) is 0 Å². The minimum atomic E-state index is 0.169. The fourth-order valence-corrected chi connectivity index (χ4v) is 3.56. The van der Waals surface area contributed by atoms with Crippen LogP contribution in [0.25, 0.3) is 0 Å². The van der Waals surface area contributed by atoms with E-state index in [9.17, 15) is 4.79 Å². The summed E-state index contributed by atoms with van der Waals surface area (Å²) in [6, 6.07) is 0.588. The van der Waals surface area contributed by atoms with Gasteiger partial charge in [-0.1, -0.05) is 20.3 Å². The zero-order valence-electron chi connectivity index (χ0n) is 13.8. The molecule has 3 atom stereocenters. The van der Waals surface area contributed by atoms with E-state index in [1.807, 2.05) is 0 Å². The molecule has 3 unspecified atom stereocenters. The molecule has 0 radical (unpaired) electrons. The van der Waals surface area contributed by atoms with Gasteiger partial charge in [0.25, 0.3) is 0 Å². The van der Waals surface area contributed by atoms with Crippen molar-refractivity contribution in [3.63, 3.8) is 0 Å². The van der Waals surface area contributed by atoms with Gasteiger partial charge in [-0.25, -0.2) is 0 Å². The first kappa shape index (κ1) is 16.8. The van der Waals surface area contributed by atoms with E-state index < -0.39 is 0 Å². The van der Waals surface area contributed by atoms with E-state index in [1.165, 1.54) is 12.8 Å². The third-order valence-corrected chi connectivity index (χ3v) is 4.94. The second-order valence-electron chi connectivity index (χ2n) is 6.55. The molecule has 4 nitrogen and oxygen atoms in total. The van der Waals surface area contributed by atoms with Crippen LogP contribution in [-0.4, -0.2) is 49.2 Å². The summed E-state index contributed by atoms with van der Waals surface area (Å²) in [5, 5.41) is 3.65. The molecule has 1 amide bonds. The highest BCUT2D eigenvalue weighted by molar-refractivity contribution is 5.76. The van der Waals surface area contributed by atoms with Gasteiger partial charge in [-0.3, -0.25) is 4.79 Å². The third-order valence-electron chi connectivity index (χ3n) is 4.94. The molecule has 122 valence electrons. The Labute approximate surface area is 129 Å². The lowest BCUT2D eigenvalue weighted by Crippen LogP contribution is -2.51. The average Bonchev–Trinajstić information content (AvgIpc) is 2.53. The molecule has 0 bridgehead atoms. The number of likely N-dealkylation sites (tertiary alicyclic amines) is 1. The lowest BCUT2D eigenvalue weighted by Gasteiger charge is -2.39. The van der Waals surface area contributed by atoms with Crippen LogP contribution in [0.15, 0.2) is 0 Å². The van der Waals surface area contributed by atoms with Crippen molar-refractivity contribution in [3.8, 4) is 0 Å². The van der Waals surface area contributed by atoms with E-state index in [-0.39, 0.29) is 6.10 Å². The molecule has 2 heterocycles. The third kappa shape index (κ3) is 4.96. The van der Waals surface area contributed by atoms with Crippen LogP contribution in [-0.2, 0) is 9.53 Å². The number of ether oxygens (including phenoxy) is 1. The Kier molecular flexibility index (Phi) is 6.97. The number of hydrogen-bond acceptors (Lipinski definition) is 3. The van der Waals surface area contributed by atoms with Crippen molar-refractivity contribution >= 4 is 5.91 Å². The first-order valence-corrected chi connectivity index (χ1v) is 8.87. The molecule has 0 spiro atoms. The zero-order valence-corrected chi connectivity index (χ0v) is 13.8. The summed E-state index contributed by atoms with van der Waals surface area (Å²) in [6.07, 6.45) is 7.58. The first-order chi connectivity index (χ1) is 10.2. The lowest BCUT2D eigenvalue weighted by molar-refractivity contribution is -0.137. The first-order valence-electron chi connectivity index (χ1n) is 8.87. The molecule has 2 saturated heterocycles. The summed E-state index contributed by atoms with van der Waals surface area (Å²) in [5.41, 5.74) is 0. The van der Waals surface area contributed by atoms with Crippen molar-refractivity contribution in [2.75, 3.05) is 26.2 Å².